The van der Waals surface area contributed by atoms with E-state index in [2.05, 4.69) is 38.2 Å². The molecule has 0 aliphatic rings. The molecule has 0 saturated heterocycles. The van der Waals surface area contributed by atoms with Gasteiger partial charge in [0.05, 0.1) is 13.2 Å². The summed E-state index contributed by atoms with van der Waals surface area (Å²) < 4.78 is 10.8. The number of rotatable bonds is 10. The number of nitrogens with one attached hydrogen (secondary N) is 1. The summed E-state index contributed by atoms with van der Waals surface area (Å²) in [5.74, 6) is 0.962. The third kappa shape index (κ3) is 9.48. The maximum atomic E-state index is 5.76. The van der Waals surface area contributed by atoms with Crippen molar-refractivity contribution in [3.8, 4) is 5.75 Å². The SMILES string of the molecule is COCCc1ccc(OCCCCCNC(C)(C)C)cc1. The van der Waals surface area contributed by atoms with Crippen molar-refractivity contribution in [1.82, 2.24) is 5.32 Å². The molecule has 0 aromatic heterocycles. The highest BCUT2D eigenvalue weighted by Gasteiger charge is 2.06. The van der Waals surface area contributed by atoms with Crippen molar-refractivity contribution in [1.29, 1.82) is 0 Å². The predicted octanol–water partition coefficient (Wildman–Crippen LogP) is 3.81. The van der Waals surface area contributed by atoms with Crippen molar-refractivity contribution in [3.05, 3.63) is 29.8 Å². The molecule has 120 valence electrons. The lowest BCUT2D eigenvalue weighted by Gasteiger charge is -2.20. The maximum Gasteiger partial charge on any atom is 0.119 e. The number of benzene rings is 1. The lowest BCUT2D eigenvalue weighted by Crippen LogP contribution is -2.36. The van der Waals surface area contributed by atoms with Crippen LogP contribution in [0, 0.1) is 0 Å². The first kappa shape index (κ1) is 18.0. The molecule has 0 heterocycles. The summed E-state index contributed by atoms with van der Waals surface area (Å²) in [5, 5.41) is 3.50. The summed E-state index contributed by atoms with van der Waals surface area (Å²) in [7, 11) is 1.73. The minimum absolute atomic E-state index is 0.223. The Morgan fingerprint density at radius 3 is 2.29 bits per heavy atom. The van der Waals surface area contributed by atoms with Crippen molar-refractivity contribution in [2.75, 3.05) is 26.9 Å². The largest absolute Gasteiger partial charge is 0.494 e. The molecule has 0 bridgehead atoms. The van der Waals surface area contributed by atoms with E-state index in [0.717, 1.165) is 38.3 Å². The van der Waals surface area contributed by atoms with Crippen molar-refractivity contribution < 1.29 is 9.47 Å². The molecule has 1 aromatic rings. The molecule has 0 aliphatic heterocycles. The van der Waals surface area contributed by atoms with Gasteiger partial charge in [-0.05, 0) is 70.7 Å². The highest BCUT2D eigenvalue weighted by molar-refractivity contribution is 5.27. The van der Waals surface area contributed by atoms with Gasteiger partial charge >= 0.3 is 0 Å². The Morgan fingerprint density at radius 2 is 1.67 bits per heavy atom. The molecule has 0 aliphatic carbocycles. The van der Waals surface area contributed by atoms with Crippen LogP contribution in [-0.4, -0.2) is 32.4 Å². The standard InChI is InChI=1S/C18H31NO2/c1-18(2,3)19-13-6-5-7-14-21-17-10-8-16(9-11-17)12-15-20-4/h8-11,19H,5-7,12-15H2,1-4H3. The van der Waals surface area contributed by atoms with E-state index in [1.54, 1.807) is 7.11 Å². The smallest absolute Gasteiger partial charge is 0.119 e. The molecule has 0 amide bonds. The second kappa shape index (κ2) is 9.80. The summed E-state index contributed by atoms with van der Waals surface area (Å²) in [4.78, 5) is 0. The van der Waals surface area contributed by atoms with Crippen LogP contribution in [0.1, 0.15) is 45.6 Å². The van der Waals surface area contributed by atoms with E-state index < -0.39 is 0 Å². The molecule has 1 rings (SSSR count). The zero-order valence-electron chi connectivity index (χ0n) is 14.1. The van der Waals surface area contributed by atoms with E-state index in [-0.39, 0.29) is 5.54 Å². The lowest BCUT2D eigenvalue weighted by atomic mass is 10.1. The zero-order valence-corrected chi connectivity index (χ0v) is 14.1. The molecule has 0 fully saturated rings. The van der Waals surface area contributed by atoms with Gasteiger partial charge in [0.1, 0.15) is 5.75 Å². The molecule has 0 atom stereocenters. The number of unbranched alkanes of at least 4 members (excludes halogenated alkanes) is 2. The lowest BCUT2D eigenvalue weighted by molar-refractivity contribution is 0.202. The van der Waals surface area contributed by atoms with Crippen LogP contribution in [0.2, 0.25) is 0 Å². The number of hydrogen-bond donors (Lipinski definition) is 1. The molecular weight excluding hydrogens is 262 g/mol. The fourth-order valence-corrected chi connectivity index (χ4v) is 2.03. The molecule has 1 aromatic carbocycles. The highest BCUT2D eigenvalue weighted by atomic mass is 16.5. The Morgan fingerprint density at radius 1 is 0.952 bits per heavy atom. The monoisotopic (exact) mass is 293 g/mol. The Kier molecular flexibility index (Phi) is 8.40. The molecule has 0 radical (unpaired) electrons. The van der Waals surface area contributed by atoms with Crippen molar-refractivity contribution in [2.45, 2.75) is 52.0 Å². The van der Waals surface area contributed by atoms with E-state index in [1.807, 2.05) is 12.1 Å². The summed E-state index contributed by atoms with van der Waals surface area (Å²) in [6.07, 6.45) is 4.47. The van der Waals surface area contributed by atoms with Crippen LogP contribution in [0.3, 0.4) is 0 Å². The van der Waals surface area contributed by atoms with E-state index >= 15 is 0 Å². The molecule has 0 unspecified atom stereocenters. The van der Waals surface area contributed by atoms with Crippen LogP contribution < -0.4 is 10.1 Å². The van der Waals surface area contributed by atoms with E-state index in [9.17, 15) is 0 Å². The third-order valence-electron chi connectivity index (χ3n) is 3.26. The van der Waals surface area contributed by atoms with E-state index in [4.69, 9.17) is 9.47 Å². The van der Waals surface area contributed by atoms with Gasteiger partial charge < -0.3 is 14.8 Å². The number of hydrogen-bond acceptors (Lipinski definition) is 3. The quantitative estimate of drug-likeness (QED) is 0.665. The second-order valence-corrected chi connectivity index (χ2v) is 6.47. The van der Waals surface area contributed by atoms with Crippen LogP contribution in [0.5, 0.6) is 5.75 Å². The van der Waals surface area contributed by atoms with Gasteiger partial charge in [-0.15, -0.1) is 0 Å². The average Bonchev–Trinajstić information content (AvgIpc) is 2.44. The van der Waals surface area contributed by atoms with Crippen LogP contribution in [0.15, 0.2) is 24.3 Å². The molecular formula is C18H31NO2. The summed E-state index contributed by atoms with van der Waals surface area (Å²) >= 11 is 0. The minimum atomic E-state index is 0.223. The zero-order chi connectivity index (χ0) is 15.6. The summed E-state index contributed by atoms with van der Waals surface area (Å²) in [5.41, 5.74) is 1.51. The van der Waals surface area contributed by atoms with Gasteiger partial charge in [0, 0.05) is 12.6 Å². The number of ether oxygens (including phenoxy) is 2. The Balaban J connectivity index is 2.07. The molecule has 3 heteroatoms. The third-order valence-corrected chi connectivity index (χ3v) is 3.26. The summed E-state index contributed by atoms with van der Waals surface area (Å²) in [6, 6.07) is 8.32. The molecule has 1 N–H and O–H groups in total. The number of methoxy groups -OCH3 is 1. The van der Waals surface area contributed by atoms with Crippen LogP contribution in [0.25, 0.3) is 0 Å². The Bertz CT molecular complexity index is 368. The fraction of sp³-hybridized carbons (Fsp3) is 0.667. The second-order valence-electron chi connectivity index (χ2n) is 6.47. The van der Waals surface area contributed by atoms with E-state index in [0.29, 0.717) is 0 Å². The Labute approximate surface area is 130 Å². The van der Waals surface area contributed by atoms with Gasteiger partial charge in [-0.3, -0.25) is 0 Å². The van der Waals surface area contributed by atoms with Gasteiger partial charge in [0.15, 0.2) is 0 Å². The van der Waals surface area contributed by atoms with Gasteiger partial charge in [-0.1, -0.05) is 12.1 Å². The van der Waals surface area contributed by atoms with Crippen LogP contribution >= 0.6 is 0 Å². The van der Waals surface area contributed by atoms with Gasteiger partial charge in [0.2, 0.25) is 0 Å². The van der Waals surface area contributed by atoms with Crippen LogP contribution in [0.4, 0.5) is 0 Å². The fourth-order valence-electron chi connectivity index (χ4n) is 2.03. The van der Waals surface area contributed by atoms with Crippen molar-refractivity contribution in [2.24, 2.45) is 0 Å². The van der Waals surface area contributed by atoms with Crippen molar-refractivity contribution in [3.63, 3.8) is 0 Å². The van der Waals surface area contributed by atoms with Crippen LogP contribution in [-0.2, 0) is 11.2 Å². The van der Waals surface area contributed by atoms with Gasteiger partial charge in [-0.2, -0.15) is 0 Å². The first-order valence-corrected chi connectivity index (χ1v) is 7.97. The maximum absolute atomic E-state index is 5.76. The predicted molar refractivity (Wildman–Crippen MR) is 89.1 cm³/mol. The van der Waals surface area contributed by atoms with Crippen molar-refractivity contribution >= 4 is 0 Å². The summed E-state index contributed by atoms with van der Waals surface area (Å²) in [6.45, 7) is 9.25. The van der Waals surface area contributed by atoms with E-state index in [1.165, 1.54) is 18.4 Å². The molecule has 0 spiro atoms. The first-order chi connectivity index (χ1) is 10.0. The van der Waals surface area contributed by atoms with Gasteiger partial charge in [0.25, 0.3) is 0 Å². The topological polar surface area (TPSA) is 30.5 Å². The Hall–Kier alpha value is -1.06. The normalized spacial score (nSPS) is 11.6. The van der Waals surface area contributed by atoms with Gasteiger partial charge in [-0.25, -0.2) is 0 Å². The minimum Gasteiger partial charge on any atom is -0.494 e. The molecule has 21 heavy (non-hydrogen) atoms. The average molecular weight is 293 g/mol. The highest BCUT2D eigenvalue weighted by Crippen LogP contribution is 2.13. The molecule has 0 saturated carbocycles. The first-order valence-electron chi connectivity index (χ1n) is 7.97. The molecule has 3 nitrogen and oxygen atoms in total.